The maximum absolute atomic E-state index is 9.90. The van der Waals surface area contributed by atoms with Crippen LogP contribution in [-0.2, 0) is 16.2 Å². The summed E-state index contributed by atoms with van der Waals surface area (Å²) >= 11 is 0. The van der Waals surface area contributed by atoms with Crippen LogP contribution in [0.15, 0.2) is 176 Å². The zero-order chi connectivity index (χ0) is 55.7. The lowest BCUT2D eigenvalue weighted by molar-refractivity contribution is 0.483. The number of para-hydroxylation sites is 4. The van der Waals surface area contributed by atoms with Gasteiger partial charge >= 0.3 is 0 Å². The van der Waals surface area contributed by atoms with Gasteiger partial charge < -0.3 is 14.5 Å². The summed E-state index contributed by atoms with van der Waals surface area (Å²) in [7, 11) is 0. The fraction of sp³-hybridized carbons (Fsp3) is 0.217. The van der Waals surface area contributed by atoms with Crippen LogP contribution >= 0.6 is 0 Å². The van der Waals surface area contributed by atoms with Crippen molar-refractivity contribution < 1.29 is 21.2 Å². The van der Waals surface area contributed by atoms with Crippen molar-refractivity contribution in [3.05, 3.63) is 192 Å². The Bertz CT molecular complexity index is 3870. The Labute approximate surface area is 401 Å². The van der Waals surface area contributed by atoms with Gasteiger partial charge in [0.1, 0.15) is 24.0 Å². The van der Waals surface area contributed by atoms with Gasteiger partial charge in [-0.25, -0.2) is 4.98 Å². The van der Waals surface area contributed by atoms with Crippen LogP contribution < -0.4 is 14.5 Å². The molecule has 9 aromatic rings. The quantitative estimate of drug-likeness (QED) is 0.160. The summed E-state index contributed by atoms with van der Waals surface area (Å²) in [5.74, 6) is 1.39. The first-order valence-corrected chi connectivity index (χ1v) is 21.9. The van der Waals surface area contributed by atoms with Gasteiger partial charge in [0.05, 0.1) is 44.5 Å². The Morgan fingerprint density at radius 1 is 0.523 bits per heavy atom. The minimum Gasteiger partial charge on any atom is -0.457 e. The predicted octanol–water partition coefficient (Wildman–Crippen LogP) is 16.4. The normalized spacial score (nSPS) is 15.8. The molecule has 0 bridgehead atoms. The molecule has 5 nitrogen and oxygen atoms in total. The topological polar surface area (TPSA) is 33.5 Å². The third-order valence-electron chi connectivity index (χ3n) is 11.9. The molecule has 0 spiro atoms. The van der Waals surface area contributed by atoms with Gasteiger partial charge in [-0.2, -0.15) is 0 Å². The van der Waals surface area contributed by atoms with E-state index in [1.54, 1.807) is 35.0 Å². The molecular formula is C60H58N4O. The molecule has 0 unspecified atom stereocenters. The zero-order valence-electron chi connectivity index (χ0n) is 50.2. The molecule has 0 fully saturated rings. The Hall–Kier alpha value is -7.11. The highest BCUT2D eigenvalue weighted by atomic mass is 16.5. The van der Waals surface area contributed by atoms with E-state index in [9.17, 15) is 6.85 Å². The predicted molar refractivity (Wildman–Crippen MR) is 274 cm³/mol. The smallest absolute Gasteiger partial charge is 0.137 e. The molecule has 65 heavy (non-hydrogen) atoms. The van der Waals surface area contributed by atoms with E-state index in [2.05, 4.69) is 25.7 Å². The third kappa shape index (κ3) is 7.84. The lowest BCUT2D eigenvalue weighted by Gasteiger charge is -2.29. The lowest BCUT2D eigenvalue weighted by atomic mass is 9.78. The Kier molecular flexibility index (Phi) is 7.34. The lowest BCUT2D eigenvalue weighted by Crippen LogP contribution is -2.25. The Balaban J connectivity index is 1.14. The van der Waals surface area contributed by atoms with Crippen molar-refractivity contribution in [3.8, 4) is 39.6 Å². The molecule has 10 rings (SSSR count). The SMILES string of the molecule is [2H]c1c([2H])c([2H])c(-c2cccc(-c3c([2H])c(C(C)(C)C)c([2H])c(C(C)(C)C)c3[2H])c2N2CN(c3cccc(Oc4ccc5c6c([2H])c([2H])c([2H])c([2H])c6n(-c6cc(C(C)(C)C)ccn6)c5c4)c3)c3ccccc32)c([2H])c1[2H]. The van der Waals surface area contributed by atoms with Crippen molar-refractivity contribution in [3.63, 3.8) is 0 Å². The second-order valence-corrected chi connectivity index (χ2v) is 19.7. The van der Waals surface area contributed by atoms with Crippen LogP contribution in [0.3, 0.4) is 0 Å². The number of ether oxygens (including phenoxy) is 1. The maximum Gasteiger partial charge on any atom is 0.137 e. The van der Waals surface area contributed by atoms with Gasteiger partial charge in [-0.05, 0) is 98.6 Å². The summed E-state index contributed by atoms with van der Waals surface area (Å²) in [6, 6.07) is 26.5. The number of aromatic nitrogens is 2. The highest BCUT2D eigenvalue weighted by Gasteiger charge is 2.32. The van der Waals surface area contributed by atoms with Crippen molar-refractivity contribution in [1.82, 2.24) is 9.55 Å². The molecule has 0 saturated carbocycles. The van der Waals surface area contributed by atoms with E-state index in [0.29, 0.717) is 78.4 Å². The fourth-order valence-corrected chi connectivity index (χ4v) is 8.46. The first kappa shape index (κ1) is 30.1. The number of nitrogens with zero attached hydrogens (tertiary/aromatic N) is 4. The highest BCUT2D eigenvalue weighted by molar-refractivity contribution is 6.09. The van der Waals surface area contributed by atoms with Crippen LogP contribution in [0, 0.1) is 0 Å². The van der Waals surface area contributed by atoms with Gasteiger partial charge in [-0.3, -0.25) is 4.57 Å². The highest BCUT2D eigenvalue weighted by Crippen LogP contribution is 2.51. The van der Waals surface area contributed by atoms with Gasteiger partial charge in [0, 0.05) is 45.9 Å². The Morgan fingerprint density at radius 2 is 1.15 bits per heavy atom. The number of fused-ring (bicyclic) bond motifs is 4. The second kappa shape index (κ2) is 15.8. The van der Waals surface area contributed by atoms with Gasteiger partial charge in [-0.15, -0.1) is 0 Å². The first-order chi connectivity index (χ1) is 36.1. The standard InChI is InChI=1S/C60H58N4O/c1-58(2,3)42-31-32-61-56(36-42)64-52-26-14-13-23-50(52)51-30-29-47(38-55(51)64)65-46-22-17-21-45(37-46)62-39-63(54-28-16-15-27-53(54)62)57-48(40-19-11-10-12-20-40)24-18-25-49(57)41-33-43(59(4,5)6)35-44(34-41)60(7,8)9/h10-38H,39H2,1-9H3/i10D,11D,12D,13D,14D,19D,20D,23D,26D,33D,34D,35D. The minimum absolute atomic E-state index is 0.00457. The zero-order valence-corrected chi connectivity index (χ0v) is 38.2. The maximum atomic E-state index is 9.90. The molecule has 1 aliphatic heterocycles. The summed E-state index contributed by atoms with van der Waals surface area (Å²) < 4.78 is 117. The molecule has 0 aliphatic carbocycles. The van der Waals surface area contributed by atoms with Gasteiger partial charge in [0.25, 0.3) is 0 Å². The largest absolute Gasteiger partial charge is 0.457 e. The summed E-state index contributed by atoms with van der Waals surface area (Å²) in [6.45, 7) is 18.1. The van der Waals surface area contributed by atoms with Gasteiger partial charge in [0.15, 0.2) is 0 Å². The van der Waals surface area contributed by atoms with Crippen molar-refractivity contribution >= 4 is 44.6 Å². The molecule has 5 heteroatoms. The molecule has 0 amide bonds. The van der Waals surface area contributed by atoms with E-state index >= 15 is 0 Å². The summed E-state index contributed by atoms with van der Waals surface area (Å²) in [5.41, 5.74) is 4.76. The number of hydrogen-bond donors (Lipinski definition) is 0. The van der Waals surface area contributed by atoms with E-state index in [1.165, 1.54) is 0 Å². The fourth-order valence-electron chi connectivity index (χ4n) is 8.46. The molecule has 0 saturated heterocycles. The molecule has 2 aromatic heterocycles. The first-order valence-electron chi connectivity index (χ1n) is 27.9. The minimum atomic E-state index is -0.680. The van der Waals surface area contributed by atoms with Crippen LogP contribution in [0.5, 0.6) is 11.5 Å². The number of pyridine rings is 1. The molecule has 1 aliphatic rings. The van der Waals surface area contributed by atoms with Crippen LogP contribution in [0.25, 0.3) is 49.9 Å². The van der Waals surface area contributed by atoms with Gasteiger partial charge in [0.2, 0.25) is 0 Å². The molecule has 324 valence electrons. The van der Waals surface area contributed by atoms with Crippen LogP contribution in [0.4, 0.5) is 22.7 Å². The van der Waals surface area contributed by atoms with E-state index < -0.39 is 41.0 Å². The number of rotatable bonds is 7. The van der Waals surface area contributed by atoms with Crippen LogP contribution in [-0.4, -0.2) is 16.2 Å². The summed E-state index contributed by atoms with van der Waals surface area (Å²) in [6.07, 6.45) is 1.71. The van der Waals surface area contributed by atoms with Crippen LogP contribution in [0.1, 0.15) is 95.5 Å². The van der Waals surface area contributed by atoms with E-state index in [1.807, 2.05) is 119 Å². The van der Waals surface area contributed by atoms with Crippen molar-refractivity contribution in [2.45, 2.75) is 78.6 Å². The molecule has 0 N–H and O–H groups in total. The van der Waals surface area contributed by atoms with Crippen molar-refractivity contribution in [1.29, 1.82) is 0 Å². The van der Waals surface area contributed by atoms with E-state index in [0.717, 1.165) is 11.3 Å². The monoisotopic (exact) mass is 863 g/mol. The summed E-state index contributed by atoms with van der Waals surface area (Å²) in [4.78, 5) is 8.79. The van der Waals surface area contributed by atoms with E-state index in [4.69, 9.17) is 19.3 Å². The molecule has 0 radical (unpaired) electrons. The molecule has 3 heterocycles. The number of hydrogen-bond acceptors (Lipinski definition) is 4. The van der Waals surface area contributed by atoms with Gasteiger partial charge in [-0.1, -0.05) is 165 Å². The van der Waals surface area contributed by atoms with Crippen LogP contribution in [0.2, 0.25) is 0 Å². The molecular weight excluding hydrogens is 793 g/mol. The Morgan fingerprint density at radius 3 is 1.86 bits per heavy atom. The molecule has 0 atom stereocenters. The average molecular weight is 863 g/mol. The van der Waals surface area contributed by atoms with Crippen molar-refractivity contribution in [2.75, 3.05) is 16.5 Å². The second-order valence-electron chi connectivity index (χ2n) is 19.7. The third-order valence-corrected chi connectivity index (χ3v) is 11.9. The average Bonchev–Trinajstić information content (AvgIpc) is 4.11. The molecule has 7 aromatic carbocycles. The number of benzene rings is 7. The summed E-state index contributed by atoms with van der Waals surface area (Å²) in [5, 5.41) is 0.967. The van der Waals surface area contributed by atoms with Crippen molar-refractivity contribution in [2.24, 2.45) is 0 Å². The van der Waals surface area contributed by atoms with E-state index in [-0.39, 0.29) is 65.5 Å². The number of anilines is 4.